The van der Waals surface area contributed by atoms with Crippen molar-refractivity contribution in [3.05, 3.63) is 18.0 Å². The molecule has 0 aliphatic carbocycles. The molecule has 5 nitrogen and oxygen atoms in total. The van der Waals surface area contributed by atoms with Crippen LogP contribution in [0.3, 0.4) is 0 Å². The Morgan fingerprint density at radius 1 is 1.37 bits per heavy atom. The standard InChI is InChI=1S/C13H25N5.HI/c1-4-7-15-13(14-5-2)16-8-6-9-18-11-12(3)10-17-18;/h10-11H,4-9H2,1-3H3,(H2,14,15,16);1H. The Bertz CT molecular complexity index is 362. The number of aromatic nitrogens is 2. The van der Waals surface area contributed by atoms with Crippen LogP contribution >= 0.6 is 24.0 Å². The van der Waals surface area contributed by atoms with Gasteiger partial charge in [0, 0.05) is 32.4 Å². The first kappa shape index (κ1) is 18.2. The number of guanidine groups is 1. The molecule has 0 unspecified atom stereocenters. The van der Waals surface area contributed by atoms with Crippen molar-refractivity contribution in [3.63, 3.8) is 0 Å². The van der Waals surface area contributed by atoms with Crippen LogP contribution < -0.4 is 10.6 Å². The number of rotatable bonds is 7. The molecule has 0 atom stereocenters. The fourth-order valence-electron chi connectivity index (χ4n) is 1.60. The van der Waals surface area contributed by atoms with Gasteiger partial charge in [-0.25, -0.2) is 0 Å². The van der Waals surface area contributed by atoms with E-state index in [1.807, 2.05) is 10.9 Å². The van der Waals surface area contributed by atoms with Crippen molar-refractivity contribution in [1.29, 1.82) is 0 Å². The summed E-state index contributed by atoms with van der Waals surface area (Å²) in [5.41, 5.74) is 1.21. The lowest BCUT2D eigenvalue weighted by Gasteiger charge is -2.10. The molecule has 0 aliphatic heterocycles. The minimum absolute atomic E-state index is 0. The summed E-state index contributed by atoms with van der Waals surface area (Å²) in [5.74, 6) is 0.913. The second-order valence-electron chi connectivity index (χ2n) is 4.32. The summed E-state index contributed by atoms with van der Waals surface area (Å²) in [6, 6.07) is 0. The highest BCUT2D eigenvalue weighted by atomic mass is 127. The first-order valence-corrected chi connectivity index (χ1v) is 6.77. The van der Waals surface area contributed by atoms with E-state index in [0.29, 0.717) is 0 Å². The van der Waals surface area contributed by atoms with E-state index in [1.165, 1.54) is 5.56 Å². The van der Waals surface area contributed by atoms with Crippen molar-refractivity contribution >= 4 is 29.9 Å². The molecular weight excluding hydrogens is 353 g/mol. The van der Waals surface area contributed by atoms with Gasteiger partial charge in [-0.3, -0.25) is 9.67 Å². The summed E-state index contributed by atoms with van der Waals surface area (Å²) in [4.78, 5) is 4.45. The molecule has 1 aromatic heterocycles. The van der Waals surface area contributed by atoms with Crippen LogP contribution in [0.4, 0.5) is 0 Å². The SMILES string of the molecule is CCCN=C(NCC)NCCCn1cc(C)cn1.I. The highest BCUT2D eigenvalue weighted by Crippen LogP contribution is 1.95. The highest BCUT2D eigenvalue weighted by Gasteiger charge is 1.97. The maximum Gasteiger partial charge on any atom is 0.191 e. The average molecular weight is 379 g/mol. The van der Waals surface area contributed by atoms with Crippen LogP contribution in [0, 0.1) is 6.92 Å². The second kappa shape index (κ2) is 11.1. The molecule has 0 aromatic carbocycles. The van der Waals surface area contributed by atoms with Gasteiger partial charge < -0.3 is 10.6 Å². The predicted molar refractivity (Wildman–Crippen MR) is 91.3 cm³/mol. The molecule has 0 radical (unpaired) electrons. The molecule has 0 fully saturated rings. The zero-order valence-corrected chi connectivity index (χ0v) is 14.5. The summed E-state index contributed by atoms with van der Waals surface area (Å²) >= 11 is 0. The fraction of sp³-hybridized carbons (Fsp3) is 0.692. The molecule has 2 N–H and O–H groups in total. The van der Waals surface area contributed by atoms with E-state index < -0.39 is 0 Å². The molecule has 0 aliphatic rings. The molecule has 0 spiro atoms. The van der Waals surface area contributed by atoms with Crippen LogP contribution in [0.5, 0.6) is 0 Å². The van der Waals surface area contributed by atoms with Crippen LogP contribution in [-0.2, 0) is 6.54 Å². The summed E-state index contributed by atoms with van der Waals surface area (Å²) in [5, 5.41) is 10.8. The van der Waals surface area contributed by atoms with E-state index in [9.17, 15) is 0 Å². The van der Waals surface area contributed by atoms with Crippen LogP contribution in [-0.4, -0.2) is 35.4 Å². The van der Waals surface area contributed by atoms with Crippen molar-refractivity contribution in [1.82, 2.24) is 20.4 Å². The maximum atomic E-state index is 4.45. The lowest BCUT2D eigenvalue weighted by Crippen LogP contribution is -2.38. The van der Waals surface area contributed by atoms with E-state index in [1.54, 1.807) is 0 Å². The van der Waals surface area contributed by atoms with Crippen LogP contribution in [0.15, 0.2) is 17.4 Å². The van der Waals surface area contributed by atoms with Crippen LogP contribution in [0.25, 0.3) is 0 Å². The first-order valence-electron chi connectivity index (χ1n) is 6.77. The van der Waals surface area contributed by atoms with E-state index >= 15 is 0 Å². The van der Waals surface area contributed by atoms with E-state index in [2.05, 4.69) is 47.7 Å². The van der Waals surface area contributed by atoms with Gasteiger partial charge in [-0.1, -0.05) is 6.92 Å². The lowest BCUT2D eigenvalue weighted by molar-refractivity contribution is 0.570. The highest BCUT2D eigenvalue weighted by molar-refractivity contribution is 14.0. The fourth-order valence-corrected chi connectivity index (χ4v) is 1.60. The van der Waals surface area contributed by atoms with Crippen LogP contribution in [0.1, 0.15) is 32.3 Å². The van der Waals surface area contributed by atoms with Crippen LogP contribution in [0.2, 0.25) is 0 Å². The van der Waals surface area contributed by atoms with Gasteiger partial charge in [0.05, 0.1) is 6.20 Å². The second-order valence-corrected chi connectivity index (χ2v) is 4.32. The van der Waals surface area contributed by atoms with Crippen molar-refractivity contribution in [3.8, 4) is 0 Å². The third-order valence-corrected chi connectivity index (χ3v) is 2.46. The Hall–Kier alpha value is -0.790. The normalized spacial score (nSPS) is 11.0. The first-order chi connectivity index (χ1) is 8.76. The summed E-state index contributed by atoms with van der Waals surface area (Å²) in [6.07, 6.45) is 6.07. The Balaban J connectivity index is 0.00000324. The van der Waals surface area contributed by atoms with Crippen molar-refractivity contribution in [2.45, 2.75) is 40.2 Å². The summed E-state index contributed by atoms with van der Waals surface area (Å²) in [6.45, 7) is 9.88. The molecule has 1 aromatic rings. The van der Waals surface area contributed by atoms with Gasteiger partial charge in [-0.05, 0) is 32.3 Å². The molecular formula is C13H26IN5. The zero-order chi connectivity index (χ0) is 13.2. The molecule has 0 bridgehead atoms. The van der Waals surface area contributed by atoms with Gasteiger partial charge in [0.25, 0.3) is 0 Å². The molecule has 19 heavy (non-hydrogen) atoms. The molecule has 1 rings (SSSR count). The topological polar surface area (TPSA) is 54.2 Å². The number of halogens is 1. The van der Waals surface area contributed by atoms with Gasteiger partial charge in [0.2, 0.25) is 0 Å². The number of aryl methyl sites for hydroxylation is 2. The van der Waals surface area contributed by atoms with Gasteiger partial charge in [-0.15, -0.1) is 24.0 Å². The lowest BCUT2D eigenvalue weighted by atomic mass is 10.4. The van der Waals surface area contributed by atoms with E-state index in [0.717, 1.165) is 45.0 Å². The Labute approximate surface area is 133 Å². The number of hydrogen-bond donors (Lipinski definition) is 2. The minimum Gasteiger partial charge on any atom is -0.357 e. The van der Waals surface area contributed by atoms with Gasteiger partial charge >= 0.3 is 0 Å². The molecule has 6 heteroatoms. The Morgan fingerprint density at radius 3 is 2.74 bits per heavy atom. The number of aliphatic imine (C=N–C) groups is 1. The molecule has 0 saturated carbocycles. The van der Waals surface area contributed by atoms with Gasteiger partial charge in [0.15, 0.2) is 5.96 Å². The monoisotopic (exact) mass is 379 g/mol. The molecule has 0 amide bonds. The number of hydrogen-bond acceptors (Lipinski definition) is 2. The number of nitrogens with zero attached hydrogens (tertiary/aromatic N) is 3. The van der Waals surface area contributed by atoms with Crippen molar-refractivity contribution in [2.24, 2.45) is 4.99 Å². The van der Waals surface area contributed by atoms with E-state index in [-0.39, 0.29) is 24.0 Å². The smallest absolute Gasteiger partial charge is 0.191 e. The molecule has 110 valence electrons. The largest absolute Gasteiger partial charge is 0.357 e. The number of nitrogens with one attached hydrogen (secondary N) is 2. The summed E-state index contributed by atoms with van der Waals surface area (Å²) in [7, 11) is 0. The molecule has 1 heterocycles. The minimum atomic E-state index is 0. The van der Waals surface area contributed by atoms with Gasteiger partial charge in [0.1, 0.15) is 0 Å². The Kier molecular flexibility index (Phi) is 10.6. The van der Waals surface area contributed by atoms with E-state index in [4.69, 9.17) is 0 Å². The van der Waals surface area contributed by atoms with Crippen molar-refractivity contribution in [2.75, 3.05) is 19.6 Å². The maximum absolute atomic E-state index is 4.45. The Morgan fingerprint density at radius 2 is 2.16 bits per heavy atom. The predicted octanol–water partition coefficient (Wildman–Crippen LogP) is 2.16. The zero-order valence-electron chi connectivity index (χ0n) is 12.1. The van der Waals surface area contributed by atoms with Crippen molar-refractivity contribution < 1.29 is 0 Å². The molecule has 0 saturated heterocycles. The summed E-state index contributed by atoms with van der Waals surface area (Å²) < 4.78 is 1.98. The third-order valence-electron chi connectivity index (χ3n) is 2.46. The third kappa shape index (κ3) is 8.07. The quantitative estimate of drug-likeness (QED) is 0.331. The van der Waals surface area contributed by atoms with Gasteiger partial charge in [-0.2, -0.15) is 5.10 Å². The average Bonchev–Trinajstić information content (AvgIpc) is 2.77.